The zero-order valence-electron chi connectivity index (χ0n) is 15.7. The van der Waals surface area contributed by atoms with Crippen LogP contribution in [0.1, 0.15) is 59.2 Å². The van der Waals surface area contributed by atoms with Crippen LogP contribution >= 0.6 is 0 Å². The molecule has 3 nitrogen and oxygen atoms in total. The molecular formula is C19H27F3N2O. The number of allylic oxidation sites excluding steroid dienone is 2. The number of alkyl halides is 2. The van der Waals surface area contributed by atoms with Gasteiger partial charge in [-0.15, -0.1) is 0 Å². The minimum atomic E-state index is -2.97. The average molecular weight is 356 g/mol. The molecule has 0 aliphatic heterocycles. The molecule has 0 amide bonds. The fourth-order valence-electron chi connectivity index (χ4n) is 2.24. The van der Waals surface area contributed by atoms with Crippen LogP contribution in [0.4, 0.5) is 13.2 Å². The summed E-state index contributed by atoms with van der Waals surface area (Å²) >= 11 is 0. The summed E-state index contributed by atoms with van der Waals surface area (Å²) in [5, 5.41) is 9.13. The first-order valence-corrected chi connectivity index (χ1v) is 8.33. The van der Waals surface area contributed by atoms with Gasteiger partial charge in [-0.2, -0.15) is 0 Å². The van der Waals surface area contributed by atoms with E-state index in [1.54, 1.807) is 4.90 Å². The van der Waals surface area contributed by atoms with E-state index >= 15 is 0 Å². The van der Waals surface area contributed by atoms with Crippen molar-refractivity contribution in [1.29, 1.82) is 0 Å². The van der Waals surface area contributed by atoms with Crippen molar-refractivity contribution < 1.29 is 18.3 Å². The van der Waals surface area contributed by atoms with Crippen molar-refractivity contribution in [3.8, 4) is 0 Å². The molecule has 0 aromatic carbocycles. The smallest absolute Gasteiger partial charge is 0.268 e. The Morgan fingerprint density at radius 3 is 2.36 bits per heavy atom. The van der Waals surface area contributed by atoms with Crippen molar-refractivity contribution in [2.24, 2.45) is 0 Å². The van der Waals surface area contributed by atoms with Crippen molar-refractivity contribution in [2.75, 3.05) is 0 Å². The van der Waals surface area contributed by atoms with Gasteiger partial charge in [0, 0.05) is 30.9 Å². The second-order valence-electron chi connectivity index (χ2n) is 6.52. The van der Waals surface area contributed by atoms with Gasteiger partial charge in [0.15, 0.2) is 5.82 Å². The van der Waals surface area contributed by atoms with E-state index in [-0.39, 0.29) is 23.9 Å². The number of hydrogen-bond donors (Lipinski definition) is 1. The topological polar surface area (TPSA) is 36.4 Å². The SMILES string of the molecule is CCC(C)=C(c1ncc(CO)cc1F)N(/C=C(\C)C(C)(F)F)C(C)C. The van der Waals surface area contributed by atoms with Crippen molar-refractivity contribution in [2.45, 2.75) is 66.5 Å². The van der Waals surface area contributed by atoms with Crippen LogP contribution in [0.3, 0.4) is 0 Å². The maximum atomic E-state index is 14.6. The maximum absolute atomic E-state index is 14.6. The molecule has 1 N–H and O–H groups in total. The van der Waals surface area contributed by atoms with Gasteiger partial charge in [0.1, 0.15) is 5.69 Å². The van der Waals surface area contributed by atoms with Gasteiger partial charge in [0.05, 0.1) is 12.3 Å². The van der Waals surface area contributed by atoms with E-state index in [1.807, 2.05) is 27.7 Å². The minimum Gasteiger partial charge on any atom is -0.392 e. The van der Waals surface area contributed by atoms with Crippen LogP contribution in [-0.4, -0.2) is 27.0 Å². The molecule has 0 radical (unpaired) electrons. The molecule has 0 fully saturated rings. The summed E-state index contributed by atoms with van der Waals surface area (Å²) in [6, 6.07) is 1.04. The highest BCUT2D eigenvalue weighted by Crippen LogP contribution is 2.31. The molecule has 1 aromatic rings. The van der Waals surface area contributed by atoms with Gasteiger partial charge in [-0.1, -0.05) is 6.92 Å². The van der Waals surface area contributed by atoms with Crippen LogP contribution < -0.4 is 0 Å². The summed E-state index contributed by atoms with van der Waals surface area (Å²) in [5.74, 6) is -3.56. The molecule has 0 atom stereocenters. The average Bonchev–Trinajstić information content (AvgIpc) is 2.53. The monoisotopic (exact) mass is 356 g/mol. The molecular weight excluding hydrogens is 329 g/mol. The summed E-state index contributed by atoms with van der Waals surface area (Å²) in [5.41, 5.74) is 1.64. The first-order chi connectivity index (χ1) is 11.5. The summed E-state index contributed by atoms with van der Waals surface area (Å²) < 4.78 is 41.9. The fourth-order valence-corrected chi connectivity index (χ4v) is 2.24. The molecule has 0 saturated heterocycles. The third-order valence-corrected chi connectivity index (χ3v) is 4.08. The molecule has 0 aliphatic carbocycles. The van der Waals surface area contributed by atoms with Gasteiger partial charge >= 0.3 is 0 Å². The van der Waals surface area contributed by atoms with Gasteiger partial charge in [-0.05, 0) is 51.3 Å². The Morgan fingerprint density at radius 2 is 1.96 bits per heavy atom. The number of aromatic nitrogens is 1. The second-order valence-corrected chi connectivity index (χ2v) is 6.52. The highest BCUT2D eigenvalue weighted by atomic mass is 19.3. The third kappa shape index (κ3) is 5.33. The fraction of sp³-hybridized carbons (Fsp3) is 0.526. The van der Waals surface area contributed by atoms with Gasteiger partial charge < -0.3 is 10.0 Å². The molecule has 25 heavy (non-hydrogen) atoms. The highest BCUT2D eigenvalue weighted by molar-refractivity contribution is 5.66. The molecule has 140 valence electrons. The lowest BCUT2D eigenvalue weighted by Gasteiger charge is -2.31. The van der Waals surface area contributed by atoms with E-state index in [9.17, 15) is 13.2 Å². The van der Waals surface area contributed by atoms with Crippen molar-refractivity contribution in [1.82, 2.24) is 9.88 Å². The highest BCUT2D eigenvalue weighted by Gasteiger charge is 2.27. The Hall–Kier alpha value is -1.82. The number of aliphatic hydroxyl groups is 1. The third-order valence-electron chi connectivity index (χ3n) is 4.08. The lowest BCUT2D eigenvalue weighted by Crippen LogP contribution is -2.28. The first-order valence-electron chi connectivity index (χ1n) is 8.33. The van der Waals surface area contributed by atoms with E-state index in [1.165, 1.54) is 25.4 Å². The van der Waals surface area contributed by atoms with Crippen LogP contribution in [0.15, 0.2) is 29.6 Å². The predicted octanol–water partition coefficient (Wildman–Crippen LogP) is 5.12. The van der Waals surface area contributed by atoms with Gasteiger partial charge in [-0.3, -0.25) is 4.98 Å². The molecule has 0 bridgehead atoms. The standard InChI is InChI=1S/C19H27F3N2O/c1-7-13(4)18(17-16(20)8-15(11-25)9-23-17)24(12(2)3)10-14(5)19(6,21)22/h8-10,12,25H,7,11H2,1-6H3/b14-10+,18-13?. The zero-order valence-corrected chi connectivity index (χ0v) is 15.7. The molecule has 6 heteroatoms. The molecule has 0 saturated carbocycles. The van der Waals surface area contributed by atoms with Crippen molar-refractivity contribution in [3.05, 3.63) is 46.7 Å². The minimum absolute atomic E-state index is 0.0914. The molecule has 0 aliphatic rings. The van der Waals surface area contributed by atoms with Gasteiger partial charge in [0.2, 0.25) is 0 Å². The Labute approximate surface area is 147 Å². The summed E-state index contributed by atoms with van der Waals surface area (Å²) in [7, 11) is 0. The summed E-state index contributed by atoms with van der Waals surface area (Å²) in [6.45, 7) is 9.32. The largest absolute Gasteiger partial charge is 0.392 e. The van der Waals surface area contributed by atoms with E-state index in [4.69, 9.17) is 5.11 Å². The summed E-state index contributed by atoms with van der Waals surface area (Å²) in [4.78, 5) is 5.77. The van der Waals surface area contributed by atoms with E-state index < -0.39 is 11.7 Å². The number of pyridine rings is 1. The van der Waals surface area contributed by atoms with Crippen molar-refractivity contribution >= 4 is 5.70 Å². The molecule has 1 rings (SSSR count). The molecule has 1 heterocycles. The number of aliphatic hydroxyl groups excluding tert-OH is 1. The number of rotatable bonds is 7. The number of nitrogens with zero attached hydrogens (tertiary/aromatic N) is 2. The van der Waals surface area contributed by atoms with E-state index in [0.717, 1.165) is 12.5 Å². The van der Waals surface area contributed by atoms with Crippen LogP contribution in [0.5, 0.6) is 0 Å². The zero-order chi connectivity index (χ0) is 19.4. The van der Waals surface area contributed by atoms with E-state index in [0.29, 0.717) is 17.7 Å². The van der Waals surface area contributed by atoms with Crippen LogP contribution in [0.2, 0.25) is 0 Å². The maximum Gasteiger partial charge on any atom is 0.268 e. The van der Waals surface area contributed by atoms with Crippen molar-refractivity contribution in [3.63, 3.8) is 0 Å². The Kier molecular flexibility index (Phi) is 7.23. The lowest BCUT2D eigenvalue weighted by molar-refractivity contribution is 0.0617. The van der Waals surface area contributed by atoms with Crippen LogP contribution in [-0.2, 0) is 6.61 Å². The Balaban J connectivity index is 3.58. The predicted molar refractivity (Wildman–Crippen MR) is 94.4 cm³/mol. The normalized spacial score (nSPS) is 14.0. The lowest BCUT2D eigenvalue weighted by atomic mass is 10.1. The number of hydrogen-bond acceptors (Lipinski definition) is 3. The van der Waals surface area contributed by atoms with Crippen LogP contribution in [0, 0.1) is 5.82 Å². The molecule has 0 spiro atoms. The quantitative estimate of drug-likeness (QED) is 0.736. The Bertz CT molecular complexity index is 661. The molecule has 0 unspecified atom stereocenters. The first kappa shape index (κ1) is 21.2. The summed E-state index contributed by atoms with van der Waals surface area (Å²) in [6.07, 6.45) is 3.38. The van der Waals surface area contributed by atoms with Gasteiger partial charge in [0.25, 0.3) is 5.92 Å². The van der Waals surface area contributed by atoms with Crippen LogP contribution in [0.25, 0.3) is 5.70 Å². The molecule has 1 aromatic heterocycles. The Morgan fingerprint density at radius 1 is 1.36 bits per heavy atom. The second kappa shape index (κ2) is 8.52. The van der Waals surface area contributed by atoms with E-state index in [2.05, 4.69) is 4.98 Å². The number of halogens is 3. The van der Waals surface area contributed by atoms with Gasteiger partial charge in [-0.25, -0.2) is 13.2 Å².